The number of benzene rings is 3. The fourth-order valence-corrected chi connectivity index (χ4v) is 2.84. The number of aliphatic hydroxyl groups is 1. The van der Waals surface area contributed by atoms with E-state index in [1.165, 1.54) is 0 Å². The summed E-state index contributed by atoms with van der Waals surface area (Å²) in [5, 5.41) is 13.4. The zero-order chi connectivity index (χ0) is 14.9. The molecule has 2 nitrogen and oxygen atoms in total. The summed E-state index contributed by atoms with van der Waals surface area (Å²) in [4.78, 5) is 0. The lowest BCUT2D eigenvalue weighted by Crippen LogP contribution is -2.24. The third kappa shape index (κ3) is 2.28. The van der Waals surface area contributed by atoms with Crippen molar-refractivity contribution in [1.82, 2.24) is 0 Å². The molecule has 2 heteroatoms. The smallest absolute Gasteiger partial charge is 0.125 e. The Morgan fingerprint density at radius 3 is 2.24 bits per heavy atom. The summed E-state index contributed by atoms with van der Waals surface area (Å²) in [5.74, 6) is 0.690. The van der Waals surface area contributed by atoms with Crippen molar-refractivity contribution in [3.8, 4) is 5.75 Å². The zero-order valence-electron chi connectivity index (χ0n) is 12.2. The van der Waals surface area contributed by atoms with E-state index < -0.39 is 5.60 Å². The summed E-state index contributed by atoms with van der Waals surface area (Å²) in [6, 6.07) is 21.7. The van der Waals surface area contributed by atoms with Crippen molar-refractivity contribution in [1.29, 1.82) is 0 Å². The lowest BCUT2D eigenvalue weighted by molar-refractivity contribution is 0.101. The average Bonchev–Trinajstić information content (AvgIpc) is 2.54. The van der Waals surface area contributed by atoms with E-state index in [-0.39, 0.29) is 0 Å². The maximum Gasteiger partial charge on any atom is 0.125 e. The van der Waals surface area contributed by atoms with Crippen LogP contribution in [0.4, 0.5) is 0 Å². The third-order valence-corrected chi connectivity index (χ3v) is 3.95. The van der Waals surface area contributed by atoms with Crippen molar-refractivity contribution in [2.45, 2.75) is 12.5 Å². The Balaban J connectivity index is 2.25. The van der Waals surface area contributed by atoms with Gasteiger partial charge in [0.25, 0.3) is 0 Å². The molecule has 0 aromatic heterocycles. The molecule has 3 aromatic rings. The molecule has 21 heavy (non-hydrogen) atoms. The van der Waals surface area contributed by atoms with Crippen LogP contribution < -0.4 is 4.74 Å². The molecule has 1 N–H and O–H groups in total. The third-order valence-electron chi connectivity index (χ3n) is 3.95. The van der Waals surface area contributed by atoms with E-state index in [1.54, 1.807) is 7.11 Å². The number of methoxy groups -OCH3 is 1. The highest BCUT2D eigenvalue weighted by molar-refractivity contribution is 5.87. The van der Waals surface area contributed by atoms with Crippen LogP contribution in [0.25, 0.3) is 10.8 Å². The first-order chi connectivity index (χ1) is 10.1. The molecule has 0 radical (unpaired) electrons. The van der Waals surface area contributed by atoms with Gasteiger partial charge in [0.1, 0.15) is 11.4 Å². The molecule has 0 spiro atoms. The summed E-state index contributed by atoms with van der Waals surface area (Å²) in [6.07, 6.45) is 0. The lowest BCUT2D eigenvalue weighted by atomic mass is 9.84. The van der Waals surface area contributed by atoms with Gasteiger partial charge in [-0.05, 0) is 29.3 Å². The van der Waals surface area contributed by atoms with Crippen molar-refractivity contribution >= 4 is 10.8 Å². The Bertz CT molecular complexity index is 770. The SMILES string of the molecule is COc1ccccc1C(C)(O)c1cccc2ccccc12. The van der Waals surface area contributed by atoms with Crippen LogP contribution in [0.3, 0.4) is 0 Å². The van der Waals surface area contributed by atoms with E-state index in [9.17, 15) is 5.11 Å². The fourth-order valence-electron chi connectivity index (χ4n) is 2.84. The molecule has 0 amide bonds. The molecular weight excluding hydrogens is 260 g/mol. The minimum Gasteiger partial charge on any atom is -0.496 e. The predicted octanol–water partition coefficient (Wildman–Crippen LogP) is 4.10. The molecule has 0 saturated carbocycles. The van der Waals surface area contributed by atoms with E-state index in [0.717, 1.165) is 21.9 Å². The zero-order valence-corrected chi connectivity index (χ0v) is 12.2. The molecule has 0 saturated heterocycles. The number of hydrogen-bond donors (Lipinski definition) is 1. The van der Waals surface area contributed by atoms with Gasteiger partial charge in [0.2, 0.25) is 0 Å². The van der Waals surface area contributed by atoms with Gasteiger partial charge in [-0.15, -0.1) is 0 Å². The molecule has 1 atom stereocenters. The fraction of sp³-hybridized carbons (Fsp3) is 0.158. The molecule has 1 unspecified atom stereocenters. The predicted molar refractivity (Wildman–Crippen MR) is 85.6 cm³/mol. The van der Waals surface area contributed by atoms with Gasteiger partial charge in [-0.25, -0.2) is 0 Å². The number of hydrogen-bond acceptors (Lipinski definition) is 2. The molecule has 3 aromatic carbocycles. The second-order valence-electron chi connectivity index (χ2n) is 5.30. The van der Waals surface area contributed by atoms with Gasteiger partial charge in [-0.3, -0.25) is 0 Å². The molecule has 106 valence electrons. The average molecular weight is 278 g/mol. The highest BCUT2D eigenvalue weighted by Gasteiger charge is 2.30. The van der Waals surface area contributed by atoms with Gasteiger partial charge in [0.05, 0.1) is 7.11 Å². The summed E-state index contributed by atoms with van der Waals surface area (Å²) in [5.41, 5.74) is 0.530. The first-order valence-corrected chi connectivity index (χ1v) is 6.98. The Hall–Kier alpha value is -2.32. The van der Waals surface area contributed by atoms with Gasteiger partial charge in [0, 0.05) is 5.56 Å². The first kappa shape index (κ1) is 13.7. The molecular formula is C19H18O2. The Kier molecular flexibility index (Phi) is 3.40. The van der Waals surface area contributed by atoms with E-state index in [2.05, 4.69) is 12.1 Å². The molecule has 0 heterocycles. The summed E-state index contributed by atoms with van der Waals surface area (Å²) < 4.78 is 5.41. The molecule has 3 rings (SSSR count). The van der Waals surface area contributed by atoms with Crippen LogP contribution in [-0.2, 0) is 5.60 Å². The summed E-state index contributed by atoms with van der Waals surface area (Å²) >= 11 is 0. The van der Waals surface area contributed by atoms with Crippen LogP contribution in [-0.4, -0.2) is 12.2 Å². The van der Waals surface area contributed by atoms with Crippen LogP contribution >= 0.6 is 0 Å². The van der Waals surface area contributed by atoms with E-state index in [1.807, 2.05) is 61.5 Å². The maximum absolute atomic E-state index is 11.2. The van der Waals surface area contributed by atoms with Crippen molar-refractivity contribution in [2.75, 3.05) is 7.11 Å². The van der Waals surface area contributed by atoms with Gasteiger partial charge < -0.3 is 9.84 Å². The van der Waals surface area contributed by atoms with Gasteiger partial charge in [-0.1, -0.05) is 60.7 Å². The second kappa shape index (κ2) is 5.23. The van der Waals surface area contributed by atoms with E-state index in [4.69, 9.17) is 4.74 Å². The largest absolute Gasteiger partial charge is 0.496 e. The normalized spacial score (nSPS) is 13.9. The van der Waals surface area contributed by atoms with Gasteiger partial charge >= 0.3 is 0 Å². The number of rotatable bonds is 3. The Morgan fingerprint density at radius 1 is 0.810 bits per heavy atom. The minimum absolute atomic E-state index is 0.690. The quantitative estimate of drug-likeness (QED) is 0.781. The van der Waals surface area contributed by atoms with Crippen LogP contribution in [0, 0.1) is 0 Å². The Morgan fingerprint density at radius 2 is 1.43 bits per heavy atom. The molecule has 0 aliphatic carbocycles. The molecule has 0 bridgehead atoms. The van der Waals surface area contributed by atoms with Gasteiger partial charge in [0.15, 0.2) is 0 Å². The molecule has 0 aliphatic rings. The maximum atomic E-state index is 11.2. The molecule has 0 aliphatic heterocycles. The van der Waals surface area contributed by atoms with E-state index >= 15 is 0 Å². The summed E-state index contributed by atoms with van der Waals surface area (Å²) in [6.45, 7) is 1.81. The lowest BCUT2D eigenvalue weighted by Gasteiger charge is -2.27. The number of fused-ring (bicyclic) bond motifs is 1. The van der Waals surface area contributed by atoms with Crippen LogP contribution in [0.2, 0.25) is 0 Å². The van der Waals surface area contributed by atoms with E-state index in [0.29, 0.717) is 5.75 Å². The monoisotopic (exact) mass is 278 g/mol. The van der Waals surface area contributed by atoms with Crippen molar-refractivity contribution in [3.63, 3.8) is 0 Å². The van der Waals surface area contributed by atoms with Crippen molar-refractivity contribution in [3.05, 3.63) is 77.9 Å². The highest BCUT2D eigenvalue weighted by atomic mass is 16.5. The van der Waals surface area contributed by atoms with Crippen molar-refractivity contribution in [2.24, 2.45) is 0 Å². The van der Waals surface area contributed by atoms with Gasteiger partial charge in [-0.2, -0.15) is 0 Å². The van der Waals surface area contributed by atoms with Crippen LogP contribution in [0.5, 0.6) is 5.75 Å². The van der Waals surface area contributed by atoms with Crippen LogP contribution in [0.1, 0.15) is 18.1 Å². The standard InChI is InChI=1S/C19H18O2/c1-19(20,17-11-5-6-13-18(17)21-2)16-12-7-9-14-8-3-4-10-15(14)16/h3-13,20H,1-2H3. The topological polar surface area (TPSA) is 29.5 Å². The number of para-hydroxylation sites is 1. The first-order valence-electron chi connectivity index (χ1n) is 6.98. The van der Waals surface area contributed by atoms with Crippen molar-refractivity contribution < 1.29 is 9.84 Å². The minimum atomic E-state index is -1.12. The Labute approximate surface area is 124 Å². The molecule has 0 fully saturated rings. The highest BCUT2D eigenvalue weighted by Crippen LogP contribution is 2.38. The number of ether oxygens (including phenoxy) is 1. The summed E-state index contributed by atoms with van der Waals surface area (Å²) in [7, 11) is 1.62. The van der Waals surface area contributed by atoms with Crippen LogP contribution in [0.15, 0.2) is 66.7 Å². The second-order valence-corrected chi connectivity index (χ2v) is 5.30.